The van der Waals surface area contributed by atoms with E-state index < -0.39 is 0 Å². The van der Waals surface area contributed by atoms with Crippen molar-refractivity contribution in [2.45, 2.75) is 33.2 Å². The van der Waals surface area contributed by atoms with E-state index in [2.05, 4.69) is 58.7 Å². The van der Waals surface area contributed by atoms with Crippen molar-refractivity contribution in [3.8, 4) is 0 Å². The highest BCUT2D eigenvalue weighted by molar-refractivity contribution is 5.41. The van der Waals surface area contributed by atoms with E-state index >= 15 is 0 Å². The van der Waals surface area contributed by atoms with Gasteiger partial charge < -0.3 is 10.6 Å². The molecule has 0 aliphatic carbocycles. The van der Waals surface area contributed by atoms with Gasteiger partial charge in [-0.2, -0.15) is 4.98 Å². The standard InChI is InChI=1S/C16H22N4/c1-3-4-10-17-16-18-11-9-15(20-16)19-12-14-8-6-5-7-13(14)2/h5-9,11H,3-4,10,12H2,1-2H3,(H2,17,18,19,20). The van der Waals surface area contributed by atoms with Gasteiger partial charge in [-0.25, -0.2) is 4.98 Å². The van der Waals surface area contributed by atoms with Crippen LogP contribution in [0.4, 0.5) is 11.8 Å². The number of aromatic nitrogens is 2. The number of aryl methyl sites for hydroxylation is 1. The molecule has 0 spiro atoms. The summed E-state index contributed by atoms with van der Waals surface area (Å²) < 4.78 is 0. The van der Waals surface area contributed by atoms with Crippen molar-refractivity contribution >= 4 is 11.8 Å². The molecule has 0 unspecified atom stereocenters. The third kappa shape index (κ3) is 4.23. The first-order chi connectivity index (χ1) is 9.79. The summed E-state index contributed by atoms with van der Waals surface area (Å²) in [6.45, 7) is 5.98. The zero-order chi connectivity index (χ0) is 14.2. The van der Waals surface area contributed by atoms with Crippen LogP contribution in [0.1, 0.15) is 30.9 Å². The summed E-state index contributed by atoms with van der Waals surface area (Å²) >= 11 is 0. The molecule has 0 saturated carbocycles. The van der Waals surface area contributed by atoms with Crippen LogP contribution in [0.15, 0.2) is 36.5 Å². The van der Waals surface area contributed by atoms with Gasteiger partial charge in [-0.15, -0.1) is 0 Å². The molecule has 1 heterocycles. The first-order valence-electron chi connectivity index (χ1n) is 7.15. The molecule has 2 aromatic rings. The Bertz CT molecular complexity index is 540. The molecule has 1 aromatic heterocycles. The number of hydrogen-bond donors (Lipinski definition) is 2. The molecular weight excluding hydrogens is 248 g/mol. The second-order valence-electron chi connectivity index (χ2n) is 4.83. The zero-order valence-electron chi connectivity index (χ0n) is 12.2. The van der Waals surface area contributed by atoms with Gasteiger partial charge in [-0.05, 0) is 30.5 Å². The van der Waals surface area contributed by atoms with Crippen LogP contribution in [-0.4, -0.2) is 16.5 Å². The number of rotatable bonds is 7. The Labute approximate surface area is 120 Å². The highest BCUT2D eigenvalue weighted by atomic mass is 15.1. The third-order valence-corrected chi connectivity index (χ3v) is 3.19. The third-order valence-electron chi connectivity index (χ3n) is 3.19. The van der Waals surface area contributed by atoms with E-state index in [0.717, 1.165) is 31.7 Å². The van der Waals surface area contributed by atoms with Crippen LogP contribution in [0.25, 0.3) is 0 Å². The summed E-state index contributed by atoms with van der Waals surface area (Å²) in [7, 11) is 0. The number of unbranched alkanes of at least 4 members (excludes halogenated alkanes) is 1. The highest BCUT2D eigenvalue weighted by Gasteiger charge is 2.00. The van der Waals surface area contributed by atoms with E-state index in [1.54, 1.807) is 6.20 Å². The Morgan fingerprint density at radius 3 is 2.75 bits per heavy atom. The molecule has 1 aromatic carbocycles. The maximum Gasteiger partial charge on any atom is 0.224 e. The van der Waals surface area contributed by atoms with Crippen LogP contribution in [0.3, 0.4) is 0 Å². The Morgan fingerprint density at radius 2 is 1.95 bits per heavy atom. The van der Waals surface area contributed by atoms with Crippen molar-refractivity contribution in [3.63, 3.8) is 0 Å². The van der Waals surface area contributed by atoms with Crippen molar-refractivity contribution in [3.05, 3.63) is 47.7 Å². The van der Waals surface area contributed by atoms with Gasteiger partial charge in [0.1, 0.15) is 5.82 Å². The minimum absolute atomic E-state index is 0.688. The molecule has 106 valence electrons. The van der Waals surface area contributed by atoms with E-state index in [9.17, 15) is 0 Å². The fourth-order valence-electron chi connectivity index (χ4n) is 1.91. The van der Waals surface area contributed by atoms with Crippen LogP contribution in [0, 0.1) is 6.92 Å². The van der Waals surface area contributed by atoms with Crippen molar-refractivity contribution < 1.29 is 0 Å². The molecule has 0 bridgehead atoms. The van der Waals surface area contributed by atoms with Crippen LogP contribution in [0.2, 0.25) is 0 Å². The first-order valence-corrected chi connectivity index (χ1v) is 7.15. The molecule has 4 heteroatoms. The smallest absolute Gasteiger partial charge is 0.224 e. The lowest BCUT2D eigenvalue weighted by molar-refractivity contribution is 0.826. The summed E-state index contributed by atoms with van der Waals surface area (Å²) in [5.41, 5.74) is 2.57. The zero-order valence-corrected chi connectivity index (χ0v) is 12.2. The monoisotopic (exact) mass is 270 g/mol. The predicted octanol–water partition coefficient (Wildman–Crippen LogP) is 3.61. The summed E-state index contributed by atoms with van der Waals surface area (Å²) in [6.07, 6.45) is 4.07. The van der Waals surface area contributed by atoms with E-state index in [0.29, 0.717) is 5.95 Å². The number of benzene rings is 1. The van der Waals surface area contributed by atoms with E-state index in [1.807, 2.05) is 6.07 Å². The van der Waals surface area contributed by atoms with Crippen molar-refractivity contribution in [1.29, 1.82) is 0 Å². The van der Waals surface area contributed by atoms with Crippen LogP contribution in [0.5, 0.6) is 0 Å². The first kappa shape index (κ1) is 14.3. The van der Waals surface area contributed by atoms with Crippen LogP contribution >= 0.6 is 0 Å². The largest absolute Gasteiger partial charge is 0.366 e. The number of nitrogens with one attached hydrogen (secondary N) is 2. The molecule has 0 amide bonds. The Kier molecular flexibility index (Phi) is 5.35. The lowest BCUT2D eigenvalue weighted by Crippen LogP contribution is -2.08. The molecule has 0 fully saturated rings. The maximum atomic E-state index is 4.46. The summed E-state index contributed by atoms with van der Waals surface area (Å²) in [6, 6.07) is 10.3. The molecule has 0 aliphatic rings. The van der Waals surface area contributed by atoms with Gasteiger partial charge >= 0.3 is 0 Å². The molecule has 20 heavy (non-hydrogen) atoms. The van der Waals surface area contributed by atoms with E-state index in [-0.39, 0.29) is 0 Å². The average Bonchev–Trinajstić information content (AvgIpc) is 2.47. The van der Waals surface area contributed by atoms with Crippen molar-refractivity contribution in [2.75, 3.05) is 17.2 Å². The van der Waals surface area contributed by atoms with Gasteiger partial charge in [-0.3, -0.25) is 0 Å². The number of anilines is 2. The van der Waals surface area contributed by atoms with Gasteiger partial charge in [0.25, 0.3) is 0 Å². The number of nitrogens with zero attached hydrogens (tertiary/aromatic N) is 2. The van der Waals surface area contributed by atoms with Crippen LogP contribution < -0.4 is 10.6 Å². The van der Waals surface area contributed by atoms with Crippen LogP contribution in [-0.2, 0) is 6.54 Å². The minimum Gasteiger partial charge on any atom is -0.366 e. The maximum absolute atomic E-state index is 4.46. The molecule has 0 atom stereocenters. The highest BCUT2D eigenvalue weighted by Crippen LogP contribution is 2.11. The molecule has 2 N–H and O–H groups in total. The summed E-state index contributed by atoms with van der Waals surface area (Å²) in [5.74, 6) is 1.54. The van der Waals surface area contributed by atoms with Gasteiger partial charge in [0.2, 0.25) is 5.95 Å². The molecular formula is C16H22N4. The van der Waals surface area contributed by atoms with Crippen molar-refractivity contribution in [1.82, 2.24) is 9.97 Å². The van der Waals surface area contributed by atoms with Gasteiger partial charge in [0, 0.05) is 19.3 Å². The summed E-state index contributed by atoms with van der Waals surface area (Å²) in [4.78, 5) is 8.68. The summed E-state index contributed by atoms with van der Waals surface area (Å²) in [5, 5.41) is 6.57. The minimum atomic E-state index is 0.688. The predicted molar refractivity (Wildman–Crippen MR) is 83.9 cm³/mol. The Balaban J connectivity index is 1.93. The Morgan fingerprint density at radius 1 is 1.10 bits per heavy atom. The SMILES string of the molecule is CCCCNc1nccc(NCc2ccccc2C)n1. The van der Waals surface area contributed by atoms with E-state index in [4.69, 9.17) is 0 Å². The lowest BCUT2D eigenvalue weighted by Gasteiger charge is -2.09. The molecule has 0 radical (unpaired) electrons. The average molecular weight is 270 g/mol. The van der Waals surface area contributed by atoms with Gasteiger partial charge in [0.15, 0.2) is 0 Å². The fraction of sp³-hybridized carbons (Fsp3) is 0.375. The molecule has 4 nitrogen and oxygen atoms in total. The topological polar surface area (TPSA) is 49.8 Å². The van der Waals surface area contributed by atoms with Crippen molar-refractivity contribution in [2.24, 2.45) is 0 Å². The molecule has 0 aliphatic heterocycles. The van der Waals surface area contributed by atoms with Gasteiger partial charge in [0.05, 0.1) is 0 Å². The Hall–Kier alpha value is -2.10. The lowest BCUT2D eigenvalue weighted by atomic mass is 10.1. The second-order valence-corrected chi connectivity index (χ2v) is 4.83. The quantitative estimate of drug-likeness (QED) is 0.755. The second kappa shape index (κ2) is 7.48. The molecule has 2 rings (SSSR count). The normalized spacial score (nSPS) is 10.3. The van der Waals surface area contributed by atoms with Gasteiger partial charge in [-0.1, -0.05) is 37.6 Å². The van der Waals surface area contributed by atoms with E-state index in [1.165, 1.54) is 11.1 Å². The molecule has 0 saturated heterocycles. The fourth-order valence-corrected chi connectivity index (χ4v) is 1.91. The number of hydrogen-bond acceptors (Lipinski definition) is 4.